The summed E-state index contributed by atoms with van der Waals surface area (Å²) in [7, 11) is 0. The average molecular weight is 288 g/mol. The molecule has 18 heavy (non-hydrogen) atoms. The maximum absolute atomic E-state index is 11.7. The molecular formula is C12H14ClNO3S. The van der Waals surface area contributed by atoms with Gasteiger partial charge in [-0.2, -0.15) is 0 Å². The van der Waals surface area contributed by atoms with E-state index in [2.05, 4.69) is 5.32 Å². The molecule has 2 N–H and O–H groups in total. The van der Waals surface area contributed by atoms with E-state index in [1.54, 1.807) is 6.07 Å². The third-order valence-electron chi connectivity index (χ3n) is 3.35. The van der Waals surface area contributed by atoms with Gasteiger partial charge in [-0.25, -0.2) is 0 Å². The summed E-state index contributed by atoms with van der Waals surface area (Å²) >= 11 is 7.19. The van der Waals surface area contributed by atoms with Crippen LogP contribution in [0.25, 0.3) is 0 Å². The molecule has 1 aliphatic carbocycles. The Kier molecular flexibility index (Phi) is 3.92. The summed E-state index contributed by atoms with van der Waals surface area (Å²) in [6.45, 7) is 0.409. The van der Waals surface area contributed by atoms with E-state index in [1.807, 2.05) is 6.07 Å². The van der Waals surface area contributed by atoms with Gasteiger partial charge in [0.2, 0.25) is 5.91 Å². The predicted molar refractivity (Wildman–Crippen MR) is 69.7 cm³/mol. The second-order valence-corrected chi connectivity index (χ2v) is 6.40. The fraction of sp³-hybridized carbons (Fsp3) is 0.500. The summed E-state index contributed by atoms with van der Waals surface area (Å²) in [5, 5.41) is 11.9. The molecule has 0 unspecified atom stereocenters. The SMILES string of the molecule is O=C(CC1(C(=O)O)CCC1)NCc1ccc(Cl)s1. The topological polar surface area (TPSA) is 66.4 Å². The molecule has 0 radical (unpaired) electrons. The van der Waals surface area contributed by atoms with Crippen LogP contribution in [0, 0.1) is 5.41 Å². The monoisotopic (exact) mass is 287 g/mol. The van der Waals surface area contributed by atoms with Crippen molar-refractivity contribution in [3.63, 3.8) is 0 Å². The Bertz CT molecular complexity index is 468. The normalized spacial score (nSPS) is 16.9. The number of amides is 1. The van der Waals surface area contributed by atoms with Crippen LogP contribution in [0.2, 0.25) is 4.34 Å². The van der Waals surface area contributed by atoms with Crippen molar-refractivity contribution in [2.24, 2.45) is 5.41 Å². The Labute approximate surface area is 114 Å². The van der Waals surface area contributed by atoms with Crippen molar-refractivity contribution in [1.82, 2.24) is 5.32 Å². The van der Waals surface area contributed by atoms with E-state index in [0.29, 0.717) is 23.7 Å². The van der Waals surface area contributed by atoms with Crippen LogP contribution in [0.4, 0.5) is 0 Å². The van der Waals surface area contributed by atoms with E-state index in [1.165, 1.54) is 11.3 Å². The number of carbonyl (C=O) groups is 2. The maximum atomic E-state index is 11.7. The lowest BCUT2D eigenvalue weighted by Gasteiger charge is -2.36. The molecule has 1 aliphatic rings. The van der Waals surface area contributed by atoms with E-state index < -0.39 is 11.4 Å². The quantitative estimate of drug-likeness (QED) is 0.875. The van der Waals surface area contributed by atoms with Gasteiger partial charge in [-0.05, 0) is 25.0 Å². The number of halogens is 1. The van der Waals surface area contributed by atoms with Crippen molar-refractivity contribution in [2.45, 2.75) is 32.2 Å². The number of carboxylic acids is 1. The summed E-state index contributed by atoms with van der Waals surface area (Å²) in [5.74, 6) is -1.07. The second kappa shape index (κ2) is 5.28. The fourth-order valence-corrected chi connectivity index (χ4v) is 3.10. The smallest absolute Gasteiger partial charge is 0.310 e. The molecule has 0 saturated heterocycles. The number of nitrogens with one attached hydrogen (secondary N) is 1. The molecular weight excluding hydrogens is 274 g/mol. The Morgan fingerprint density at radius 3 is 2.61 bits per heavy atom. The van der Waals surface area contributed by atoms with Crippen LogP contribution in [-0.2, 0) is 16.1 Å². The highest BCUT2D eigenvalue weighted by atomic mass is 35.5. The zero-order valence-corrected chi connectivity index (χ0v) is 11.3. The molecule has 6 heteroatoms. The minimum atomic E-state index is -0.858. The van der Waals surface area contributed by atoms with Crippen molar-refractivity contribution in [2.75, 3.05) is 0 Å². The number of hydrogen-bond acceptors (Lipinski definition) is 3. The third-order valence-corrected chi connectivity index (χ3v) is 4.58. The number of thiophene rings is 1. The van der Waals surface area contributed by atoms with Crippen molar-refractivity contribution < 1.29 is 14.7 Å². The van der Waals surface area contributed by atoms with E-state index in [9.17, 15) is 9.59 Å². The molecule has 98 valence electrons. The molecule has 0 spiro atoms. The second-order valence-electron chi connectivity index (χ2n) is 4.60. The van der Waals surface area contributed by atoms with Gasteiger partial charge < -0.3 is 10.4 Å². The first kappa shape index (κ1) is 13.4. The van der Waals surface area contributed by atoms with Gasteiger partial charge in [-0.15, -0.1) is 11.3 Å². The molecule has 1 fully saturated rings. The van der Waals surface area contributed by atoms with Gasteiger partial charge in [0.15, 0.2) is 0 Å². The van der Waals surface area contributed by atoms with Gasteiger partial charge in [0.25, 0.3) is 0 Å². The lowest BCUT2D eigenvalue weighted by molar-refractivity contribution is -0.157. The standard InChI is InChI=1S/C12H14ClNO3S/c13-9-3-2-8(18-9)7-14-10(15)6-12(11(16)17)4-1-5-12/h2-3H,1,4-7H2,(H,14,15)(H,16,17). The molecule has 0 bridgehead atoms. The molecule has 0 aliphatic heterocycles. The minimum Gasteiger partial charge on any atom is -0.481 e. The van der Waals surface area contributed by atoms with Crippen LogP contribution in [-0.4, -0.2) is 17.0 Å². The summed E-state index contributed by atoms with van der Waals surface area (Å²) in [6, 6.07) is 3.63. The molecule has 1 aromatic rings. The van der Waals surface area contributed by atoms with Gasteiger partial charge in [-0.3, -0.25) is 9.59 Å². The molecule has 0 atom stereocenters. The Morgan fingerprint density at radius 1 is 1.44 bits per heavy atom. The zero-order chi connectivity index (χ0) is 13.2. The van der Waals surface area contributed by atoms with Crippen molar-refractivity contribution in [3.8, 4) is 0 Å². The van der Waals surface area contributed by atoms with Crippen molar-refractivity contribution in [1.29, 1.82) is 0 Å². The van der Waals surface area contributed by atoms with Gasteiger partial charge >= 0.3 is 5.97 Å². The molecule has 4 nitrogen and oxygen atoms in total. The highest BCUT2D eigenvalue weighted by molar-refractivity contribution is 7.16. The first-order chi connectivity index (χ1) is 8.52. The largest absolute Gasteiger partial charge is 0.481 e. The van der Waals surface area contributed by atoms with Crippen LogP contribution in [0.1, 0.15) is 30.6 Å². The van der Waals surface area contributed by atoms with E-state index >= 15 is 0 Å². The summed E-state index contributed by atoms with van der Waals surface area (Å²) in [5.41, 5.74) is -0.822. The third kappa shape index (κ3) is 2.84. The molecule has 1 heterocycles. The first-order valence-electron chi connectivity index (χ1n) is 5.76. The van der Waals surface area contributed by atoms with Gasteiger partial charge in [0, 0.05) is 11.3 Å². The van der Waals surface area contributed by atoms with E-state index in [-0.39, 0.29) is 12.3 Å². The minimum absolute atomic E-state index is 0.0709. The number of carbonyl (C=O) groups excluding carboxylic acids is 1. The van der Waals surface area contributed by atoms with Gasteiger partial charge in [0.05, 0.1) is 16.3 Å². The molecule has 1 saturated carbocycles. The van der Waals surface area contributed by atoms with Crippen LogP contribution >= 0.6 is 22.9 Å². The van der Waals surface area contributed by atoms with Crippen LogP contribution in [0.15, 0.2) is 12.1 Å². The zero-order valence-electron chi connectivity index (χ0n) is 9.74. The number of aliphatic carboxylic acids is 1. The van der Waals surface area contributed by atoms with Crippen LogP contribution in [0.5, 0.6) is 0 Å². The number of rotatable bonds is 5. The van der Waals surface area contributed by atoms with Crippen LogP contribution in [0.3, 0.4) is 0 Å². The molecule has 1 amide bonds. The molecule has 1 aromatic heterocycles. The Balaban J connectivity index is 1.83. The number of carboxylic acid groups (broad SMARTS) is 1. The maximum Gasteiger partial charge on any atom is 0.310 e. The molecule has 0 aromatic carbocycles. The fourth-order valence-electron chi connectivity index (χ4n) is 2.07. The first-order valence-corrected chi connectivity index (χ1v) is 6.96. The summed E-state index contributed by atoms with van der Waals surface area (Å²) < 4.78 is 0.681. The van der Waals surface area contributed by atoms with Gasteiger partial charge in [0.1, 0.15) is 0 Å². The van der Waals surface area contributed by atoms with E-state index in [4.69, 9.17) is 16.7 Å². The lowest BCUT2D eigenvalue weighted by atomic mass is 9.66. The Hall–Kier alpha value is -1.07. The van der Waals surface area contributed by atoms with Crippen LogP contribution < -0.4 is 5.32 Å². The van der Waals surface area contributed by atoms with E-state index in [0.717, 1.165) is 11.3 Å². The van der Waals surface area contributed by atoms with Gasteiger partial charge in [-0.1, -0.05) is 18.0 Å². The van der Waals surface area contributed by atoms with Crippen molar-refractivity contribution in [3.05, 3.63) is 21.3 Å². The highest BCUT2D eigenvalue weighted by Crippen LogP contribution is 2.44. The average Bonchev–Trinajstić information content (AvgIpc) is 2.66. The summed E-state index contributed by atoms with van der Waals surface area (Å²) in [4.78, 5) is 23.8. The predicted octanol–water partition coefficient (Wildman–Crippen LogP) is 2.66. The summed E-state index contributed by atoms with van der Waals surface area (Å²) in [6.07, 6.45) is 2.16. The van der Waals surface area contributed by atoms with Crippen molar-refractivity contribution >= 4 is 34.8 Å². The highest BCUT2D eigenvalue weighted by Gasteiger charge is 2.45. The molecule has 2 rings (SSSR count). The Morgan fingerprint density at radius 2 is 2.17 bits per heavy atom. The number of hydrogen-bond donors (Lipinski definition) is 2. The lowest BCUT2D eigenvalue weighted by Crippen LogP contribution is -2.42.